The van der Waals surface area contributed by atoms with Gasteiger partial charge in [-0.1, -0.05) is 12.8 Å². The van der Waals surface area contributed by atoms with E-state index in [0.29, 0.717) is 37.5 Å². The molecule has 2 saturated heterocycles. The Labute approximate surface area is 160 Å². The molecule has 1 saturated carbocycles. The Kier molecular flexibility index (Phi) is 5.33. The number of nitrogen functional groups attached to an aromatic ring is 1. The molecule has 27 heavy (non-hydrogen) atoms. The number of carbonyl (C=O) groups excluding carboxylic acids is 1. The lowest BCUT2D eigenvalue weighted by molar-refractivity contribution is -0.129. The summed E-state index contributed by atoms with van der Waals surface area (Å²) in [5.41, 5.74) is 5.97. The third kappa shape index (κ3) is 4.10. The predicted octanol–water partition coefficient (Wildman–Crippen LogP) is 1.12. The molecule has 0 aromatic carbocycles. The zero-order valence-electron chi connectivity index (χ0n) is 16.1. The third-order valence-corrected chi connectivity index (χ3v) is 5.98. The fraction of sp³-hybridized carbons (Fsp3) is 0.737. The van der Waals surface area contributed by atoms with Gasteiger partial charge in [0.1, 0.15) is 11.6 Å². The number of carbonyl (C=O) groups is 1. The number of amides is 1. The summed E-state index contributed by atoms with van der Waals surface area (Å²) in [6.45, 7) is 4.70. The number of aromatic nitrogens is 2. The molecule has 3 aliphatic rings. The number of rotatable bonds is 5. The highest BCUT2D eigenvalue weighted by molar-refractivity contribution is 5.79. The first-order valence-corrected chi connectivity index (χ1v) is 10.1. The number of nitrogens with zero attached hydrogens (tertiary/aromatic N) is 5. The van der Waals surface area contributed by atoms with E-state index >= 15 is 0 Å². The van der Waals surface area contributed by atoms with Crippen LogP contribution in [0.15, 0.2) is 6.07 Å². The monoisotopic (exact) mass is 374 g/mol. The molecule has 4 rings (SSSR count). The van der Waals surface area contributed by atoms with Crippen LogP contribution in [0.2, 0.25) is 0 Å². The highest BCUT2D eigenvalue weighted by Crippen LogP contribution is 2.30. The molecule has 8 nitrogen and oxygen atoms in total. The summed E-state index contributed by atoms with van der Waals surface area (Å²) in [6, 6.07) is 2.46. The van der Waals surface area contributed by atoms with E-state index < -0.39 is 0 Å². The van der Waals surface area contributed by atoms with E-state index in [1.807, 2.05) is 13.1 Å². The van der Waals surface area contributed by atoms with E-state index in [4.69, 9.17) is 10.5 Å². The van der Waals surface area contributed by atoms with Crippen LogP contribution in [0.25, 0.3) is 0 Å². The minimum atomic E-state index is 0.288. The lowest BCUT2D eigenvalue weighted by Crippen LogP contribution is -2.37. The number of ether oxygens (including phenoxy) is 1. The van der Waals surface area contributed by atoms with Crippen LogP contribution in [0.5, 0.6) is 0 Å². The first kappa shape index (κ1) is 18.3. The number of morpholine rings is 1. The van der Waals surface area contributed by atoms with Gasteiger partial charge in [0, 0.05) is 57.7 Å². The molecule has 8 heteroatoms. The fourth-order valence-corrected chi connectivity index (χ4v) is 4.57. The Morgan fingerprint density at radius 3 is 2.74 bits per heavy atom. The Hall–Kier alpha value is -2.09. The van der Waals surface area contributed by atoms with Gasteiger partial charge >= 0.3 is 0 Å². The summed E-state index contributed by atoms with van der Waals surface area (Å²) in [4.78, 5) is 27.7. The SMILES string of the molecule is CN(CC1CC(=O)N(C2CCCC2)C1)c1cc(N2CCOCC2)nc(N)n1. The van der Waals surface area contributed by atoms with Crippen molar-refractivity contribution >= 4 is 23.5 Å². The Balaban J connectivity index is 1.41. The smallest absolute Gasteiger partial charge is 0.223 e. The maximum atomic E-state index is 12.4. The lowest BCUT2D eigenvalue weighted by Gasteiger charge is -2.29. The molecule has 2 N–H and O–H groups in total. The second-order valence-corrected chi connectivity index (χ2v) is 7.98. The molecule has 1 aliphatic carbocycles. The van der Waals surface area contributed by atoms with E-state index in [-0.39, 0.29) is 5.95 Å². The summed E-state index contributed by atoms with van der Waals surface area (Å²) in [5, 5.41) is 0. The standard InChI is InChI=1S/C19H30N6O2/c1-23(12-14-10-18(26)25(13-14)15-4-2-3-5-15)16-11-17(22-19(20)21-16)24-6-8-27-9-7-24/h11,14-15H,2-10,12-13H2,1H3,(H2,20,21,22). The summed E-state index contributed by atoms with van der Waals surface area (Å²) in [7, 11) is 2.02. The molecule has 3 fully saturated rings. The van der Waals surface area contributed by atoms with E-state index in [0.717, 1.165) is 37.8 Å². The van der Waals surface area contributed by atoms with Crippen LogP contribution in [-0.4, -0.2) is 73.3 Å². The number of anilines is 3. The Bertz CT molecular complexity index is 672. The van der Waals surface area contributed by atoms with Gasteiger partial charge in [-0.25, -0.2) is 0 Å². The largest absolute Gasteiger partial charge is 0.378 e. The predicted molar refractivity (Wildman–Crippen MR) is 105 cm³/mol. The summed E-state index contributed by atoms with van der Waals surface area (Å²) in [6.07, 6.45) is 5.48. The fourth-order valence-electron chi connectivity index (χ4n) is 4.57. The van der Waals surface area contributed by atoms with Crippen molar-refractivity contribution in [3.63, 3.8) is 0 Å². The van der Waals surface area contributed by atoms with Gasteiger partial charge in [-0.2, -0.15) is 9.97 Å². The van der Waals surface area contributed by atoms with Gasteiger partial charge in [0.15, 0.2) is 0 Å². The van der Waals surface area contributed by atoms with E-state index in [1.54, 1.807) is 0 Å². The highest BCUT2D eigenvalue weighted by Gasteiger charge is 2.36. The van der Waals surface area contributed by atoms with Crippen LogP contribution < -0.4 is 15.5 Å². The van der Waals surface area contributed by atoms with Crippen molar-refractivity contribution < 1.29 is 9.53 Å². The Morgan fingerprint density at radius 2 is 2.00 bits per heavy atom. The molecule has 0 spiro atoms. The topological polar surface area (TPSA) is 87.8 Å². The second kappa shape index (κ2) is 7.88. The van der Waals surface area contributed by atoms with Crippen molar-refractivity contribution in [1.82, 2.24) is 14.9 Å². The van der Waals surface area contributed by atoms with E-state index in [1.165, 1.54) is 25.7 Å². The van der Waals surface area contributed by atoms with Gasteiger partial charge in [0.05, 0.1) is 13.2 Å². The van der Waals surface area contributed by atoms with Crippen LogP contribution in [0.1, 0.15) is 32.1 Å². The lowest BCUT2D eigenvalue weighted by atomic mass is 10.1. The van der Waals surface area contributed by atoms with Crippen molar-refractivity contribution in [1.29, 1.82) is 0 Å². The molecule has 3 heterocycles. The minimum absolute atomic E-state index is 0.288. The number of nitrogens with two attached hydrogens (primary N) is 1. The second-order valence-electron chi connectivity index (χ2n) is 7.98. The summed E-state index contributed by atoms with van der Waals surface area (Å²) < 4.78 is 5.42. The van der Waals surface area contributed by atoms with Crippen molar-refractivity contribution in [2.45, 2.75) is 38.1 Å². The van der Waals surface area contributed by atoms with E-state index in [9.17, 15) is 4.79 Å². The van der Waals surface area contributed by atoms with Gasteiger partial charge < -0.3 is 25.2 Å². The van der Waals surface area contributed by atoms with Crippen molar-refractivity contribution in [2.24, 2.45) is 5.92 Å². The number of hydrogen-bond acceptors (Lipinski definition) is 7. The Morgan fingerprint density at radius 1 is 1.26 bits per heavy atom. The zero-order valence-corrected chi connectivity index (χ0v) is 16.1. The first-order chi connectivity index (χ1) is 13.1. The zero-order chi connectivity index (χ0) is 18.8. The molecular weight excluding hydrogens is 344 g/mol. The molecule has 148 valence electrons. The molecule has 2 aliphatic heterocycles. The number of hydrogen-bond donors (Lipinski definition) is 1. The average Bonchev–Trinajstić information content (AvgIpc) is 3.31. The highest BCUT2D eigenvalue weighted by atomic mass is 16.5. The quantitative estimate of drug-likeness (QED) is 0.826. The third-order valence-electron chi connectivity index (χ3n) is 5.98. The molecular formula is C19H30N6O2. The minimum Gasteiger partial charge on any atom is -0.378 e. The molecule has 1 amide bonds. The molecule has 1 aromatic rings. The first-order valence-electron chi connectivity index (χ1n) is 10.1. The summed E-state index contributed by atoms with van der Waals surface area (Å²) in [5.74, 6) is 2.61. The number of likely N-dealkylation sites (tertiary alicyclic amines) is 1. The van der Waals surface area contributed by atoms with Crippen LogP contribution >= 0.6 is 0 Å². The van der Waals surface area contributed by atoms with Crippen molar-refractivity contribution in [2.75, 3.05) is 62.0 Å². The maximum Gasteiger partial charge on any atom is 0.223 e. The molecule has 1 unspecified atom stereocenters. The van der Waals surface area contributed by atoms with Crippen molar-refractivity contribution in [3.8, 4) is 0 Å². The summed E-state index contributed by atoms with van der Waals surface area (Å²) >= 11 is 0. The van der Waals surface area contributed by atoms with Gasteiger partial charge in [-0.3, -0.25) is 4.79 Å². The van der Waals surface area contributed by atoms with Crippen LogP contribution in [0, 0.1) is 5.92 Å². The molecule has 1 atom stereocenters. The van der Waals surface area contributed by atoms with Gasteiger partial charge in [-0.05, 0) is 12.8 Å². The van der Waals surface area contributed by atoms with Crippen LogP contribution in [0.3, 0.4) is 0 Å². The van der Waals surface area contributed by atoms with Crippen molar-refractivity contribution in [3.05, 3.63) is 6.07 Å². The van der Waals surface area contributed by atoms with Gasteiger partial charge in [0.2, 0.25) is 11.9 Å². The molecule has 0 bridgehead atoms. The maximum absolute atomic E-state index is 12.4. The average molecular weight is 374 g/mol. The van der Waals surface area contributed by atoms with Gasteiger partial charge in [-0.15, -0.1) is 0 Å². The van der Waals surface area contributed by atoms with Gasteiger partial charge in [0.25, 0.3) is 0 Å². The van der Waals surface area contributed by atoms with E-state index in [2.05, 4.69) is 24.7 Å². The van der Waals surface area contributed by atoms with Crippen LogP contribution in [-0.2, 0) is 9.53 Å². The normalized spacial score (nSPS) is 24.0. The molecule has 1 aromatic heterocycles. The molecule has 0 radical (unpaired) electrons. The van der Waals surface area contributed by atoms with Crippen LogP contribution in [0.4, 0.5) is 17.6 Å².